The van der Waals surface area contributed by atoms with E-state index in [1.807, 2.05) is 0 Å². The van der Waals surface area contributed by atoms with Crippen LogP contribution in [0.1, 0.15) is 25.3 Å². The summed E-state index contributed by atoms with van der Waals surface area (Å²) in [7, 11) is 0. The Kier molecular flexibility index (Phi) is 3.46. The smallest absolute Gasteiger partial charge is 0.294 e. The molecule has 0 fully saturated rings. The van der Waals surface area contributed by atoms with Crippen molar-refractivity contribution in [2.75, 3.05) is 10.6 Å². The van der Waals surface area contributed by atoms with E-state index in [9.17, 15) is 19.7 Å². The third kappa shape index (κ3) is 2.87. The van der Waals surface area contributed by atoms with Crippen molar-refractivity contribution in [3.05, 3.63) is 27.8 Å². The fourth-order valence-electron chi connectivity index (χ4n) is 2.05. The summed E-state index contributed by atoms with van der Waals surface area (Å²) in [5.41, 5.74) is 1.17. The van der Waals surface area contributed by atoms with Gasteiger partial charge in [0, 0.05) is 19.4 Å². The zero-order chi connectivity index (χ0) is 14.0. The molecule has 0 aliphatic carbocycles. The highest BCUT2D eigenvalue weighted by Crippen LogP contribution is 2.33. The zero-order valence-electron chi connectivity index (χ0n) is 10.4. The van der Waals surface area contributed by atoms with Crippen molar-refractivity contribution < 1.29 is 14.5 Å². The molecule has 2 amide bonds. The Balaban J connectivity index is 2.50. The molecule has 0 atom stereocenters. The molecule has 0 saturated carbocycles. The first-order valence-corrected chi connectivity index (χ1v) is 5.86. The maximum atomic E-state index is 11.4. The van der Waals surface area contributed by atoms with Crippen LogP contribution in [0.4, 0.5) is 17.1 Å². The average molecular weight is 263 g/mol. The van der Waals surface area contributed by atoms with Crippen LogP contribution in [-0.2, 0) is 16.0 Å². The molecule has 1 heterocycles. The number of anilines is 2. The molecule has 7 heteroatoms. The van der Waals surface area contributed by atoms with Gasteiger partial charge in [-0.15, -0.1) is 0 Å². The number of benzene rings is 1. The molecule has 0 spiro atoms. The van der Waals surface area contributed by atoms with Gasteiger partial charge in [0.15, 0.2) is 0 Å². The van der Waals surface area contributed by atoms with Crippen molar-refractivity contribution in [1.29, 1.82) is 0 Å². The number of nitrogens with one attached hydrogen (secondary N) is 2. The molecule has 0 saturated heterocycles. The van der Waals surface area contributed by atoms with Gasteiger partial charge in [-0.1, -0.05) is 0 Å². The third-order valence-electron chi connectivity index (χ3n) is 2.85. The molecule has 2 rings (SSSR count). The lowest BCUT2D eigenvalue weighted by atomic mass is 10.1. The van der Waals surface area contributed by atoms with E-state index >= 15 is 0 Å². The number of amides is 2. The summed E-state index contributed by atoms with van der Waals surface area (Å²) in [6.45, 7) is 1.29. The highest BCUT2D eigenvalue weighted by molar-refractivity contribution is 5.96. The number of rotatable bonds is 2. The Morgan fingerprint density at radius 3 is 2.79 bits per heavy atom. The van der Waals surface area contributed by atoms with Crippen LogP contribution >= 0.6 is 0 Å². The Morgan fingerprint density at radius 1 is 1.42 bits per heavy atom. The van der Waals surface area contributed by atoms with Gasteiger partial charge in [0.25, 0.3) is 5.69 Å². The summed E-state index contributed by atoms with van der Waals surface area (Å²) < 4.78 is 0. The van der Waals surface area contributed by atoms with Gasteiger partial charge >= 0.3 is 0 Å². The normalized spacial score (nSPS) is 14.1. The Morgan fingerprint density at radius 2 is 2.16 bits per heavy atom. The molecule has 0 radical (unpaired) electrons. The molecule has 19 heavy (non-hydrogen) atoms. The van der Waals surface area contributed by atoms with Gasteiger partial charge < -0.3 is 10.6 Å². The first kappa shape index (κ1) is 13.0. The van der Waals surface area contributed by atoms with Crippen molar-refractivity contribution in [3.8, 4) is 0 Å². The van der Waals surface area contributed by atoms with Crippen molar-refractivity contribution in [3.63, 3.8) is 0 Å². The van der Waals surface area contributed by atoms with Crippen LogP contribution in [0.5, 0.6) is 0 Å². The van der Waals surface area contributed by atoms with Crippen LogP contribution in [0.2, 0.25) is 0 Å². The second-order valence-electron chi connectivity index (χ2n) is 4.37. The summed E-state index contributed by atoms with van der Waals surface area (Å²) in [5, 5.41) is 16.1. The minimum absolute atomic E-state index is 0.152. The van der Waals surface area contributed by atoms with Crippen molar-refractivity contribution in [1.82, 2.24) is 0 Å². The predicted octanol–water partition coefficient (Wildman–Crippen LogP) is 1.83. The molecule has 1 aromatic carbocycles. The molecule has 1 aliphatic rings. The zero-order valence-corrected chi connectivity index (χ0v) is 10.4. The maximum absolute atomic E-state index is 11.4. The third-order valence-corrected chi connectivity index (χ3v) is 2.85. The van der Waals surface area contributed by atoms with Crippen LogP contribution in [-0.4, -0.2) is 16.7 Å². The van der Waals surface area contributed by atoms with Gasteiger partial charge in [0.2, 0.25) is 11.8 Å². The molecule has 7 nitrogen and oxygen atoms in total. The van der Waals surface area contributed by atoms with Gasteiger partial charge in [-0.2, -0.15) is 0 Å². The summed E-state index contributed by atoms with van der Waals surface area (Å²) in [4.78, 5) is 32.9. The van der Waals surface area contributed by atoms with E-state index in [2.05, 4.69) is 10.6 Å². The number of fused-ring (bicyclic) bond motifs is 1. The predicted molar refractivity (Wildman–Crippen MR) is 69.0 cm³/mol. The Hall–Kier alpha value is -2.44. The van der Waals surface area contributed by atoms with Crippen molar-refractivity contribution in [2.24, 2.45) is 0 Å². The molecule has 1 aromatic rings. The Labute approximate surface area is 109 Å². The quantitative estimate of drug-likeness (QED) is 0.627. The number of hydrogen-bond acceptors (Lipinski definition) is 4. The number of carbonyl (C=O) groups excluding carboxylic acids is 2. The first-order chi connectivity index (χ1) is 8.97. The maximum Gasteiger partial charge on any atom is 0.294 e. The van der Waals surface area contributed by atoms with E-state index in [-0.39, 0.29) is 23.2 Å². The van der Waals surface area contributed by atoms with E-state index in [1.165, 1.54) is 13.0 Å². The van der Waals surface area contributed by atoms with E-state index in [1.54, 1.807) is 6.07 Å². The molecule has 1 aliphatic heterocycles. The minimum Gasteiger partial charge on any atom is -0.326 e. The first-order valence-electron chi connectivity index (χ1n) is 5.86. The Bertz CT molecular complexity index is 568. The molecule has 0 bridgehead atoms. The number of nitro groups is 1. The standard InChI is InChI=1S/C12H13N3O4/c1-7(16)13-10-5-8-3-2-4-12(17)14-9(8)6-11(10)15(18)19/h5-6H,2-4H2,1H3,(H,13,16)(H,14,17). The van der Waals surface area contributed by atoms with Gasteiger partial charge in [-0.3, -0.25) is 19.7 Å². The fourth-order valence-corrected chi connectivity index (χ4v) is 2.05. The van der Waals surface area contributed by atoms with Crippen molar-refractivity contribution in [2.45, 2.75) is 26.2 Å². The second kappa shape index (κ2) is 5.05. The molecule has 2 N–H and O–H groups in total. The van der Waals surface area contributed by atoms with Crippen LogP contribution in [0.25, 0.3) is 0 Å². The molecular formula is C12H13N3O4. The fraction of sp³-hybridized carbons (Fsp3) is 0.333. The van der Waals surface area contributed by atoms with Gasteiger partial charge in [0.05, 0.1) is 10.6 Å². The van der Waals surface area contributed by atoms with Gasteiger partial charge in [-0.05, 0) is 24.5 Å². The van der Waals surface area contributed by atoms with Crippen LogP contribution in [0.3, 0.4) is 0 Å². The van der Waals surface area contributed by atoms with Crippen LogP contribution in [0, 0.1) is 10.1 Å². The molecular weight excluding hydrogens is 250 g/mol. The summed E-state index contributed by atoms with van der Waals surface area (Å²) >= 11 is 0. The lowest BCUT2D eigenvalue weighted by molar-refractivity contribution is -0.383. The number of hydrogen-bond donors (Lipinski definition) is 2. The number of nitrogens with zero attached hydrogens (tertiary/aromatic N) is 1. The lowest BCUT2D eigenvalue weighted by Crippen LogP contribution is -2.11. The highest BCUT2D eigenvalue weighted by atomic mass is 16.6. The number of aryl methyl sites for hydroxylation is 1. The summed E-state index contributed by atoms with van der Waals surface area (Å²) in [6.07, 6.45) is 1.70. The molecule has 0 unspecified atom stereocenters. The average Bonchev–Trinajstić information content (AvgIpc) is 2.47. The highest BCUT2D eigenvalue weighted by Gasteiger charge is 2.21. The second-order valence-corrected chi connectivity index (χ2v) is 4.37. The lowest BCUT2D eigenvalue weighted by Gasteiger charge is -2.10. The van der Waals surface area contributed by atoms with Crippen LogP contribution < -0.4 is 10.6 Å². The van der Waals surface area contributed by atoms with E-state index < -0.39 is 4.92 Å². The number of carbonyl (C=O) groups is 2. The number of nitro benzene ring substituents is 1. The van der Waals surface area contributed by atoms with E-state index in [0.717, 1.165) is 5.56 Å². The van der Waals surface area contributed by atoms with Crippen LogP contribution in [0.15, 0.2) is 12.1 Å². The van der Waals surface area contributed by atoms with Crippen molar-refractivity contribution >= 4 is 28.9 Å². The monoisotopic (exact) mass is 263 g/mol. The SMILES string of the molecule is CC(=O)Nc1cc2c(cc1[N+](=O)[O-])NC(=O)CCC2. The summed E-state index contributed by atoms with van der Waals surface area (Å²) in [5.74, 6) is -0.527. The van der Waals surface area contributed by atoms with E-state index in [0.29, 0.717) is 24.9 Å². The minimum atomic E-state index is -0.581. The topological polar surface area (TPSA) is 101 Å². The largest absolute Gasteiger partial charge is 0.326 e. The summed E-state index contributed by atoms with van der Waals surface area (Å²) in [6, 6.07) is 2.85. The molecule has 0 aromatic heterocycles. The van der Waals surface area contributed by atoms with Gasteiger partial charge in [0.1, 0.15) is 5.69 Å². The molecule has 100 valence electrons. The van der Waals surface area contributed by atoms with E-state index in [4.69, 9.17) is 0 Å². The van der Waals surface area contributed by atoms with Gasteiger partial charge in [-0.25, -0.2) is 0 Å².